The molecule has 1 aromatic heterocycles. The van der Waals surface area contributed by atoms with E-state index in [-0.39, 0.29) is 6.61 Å². The van der Waals surface area contributed by atoms with Crippen LogP contribution in [0.5, 0.6) is 11.5 Å². The van der Waals surface area contributed by atoms with Gasteiger partial charge in [-0.2, -0.15) is 10.1 Å². The van der Waals surface area contributed by atoms with Crippen LogP contribution in [0.25, 0.3) is 0 Å². The predicted molar refractivity (Wildman–Crippen MR) is 124 cm³/mol. The number of nitrogens with one attached hydrogen (secondary N) is 1. The quantitative estimate of drug-likeness (QED) is 0.482. The van der Waals surface area contributed by atoms with Gasteiger partial charge in [0.15, 0.2) is 11.5 Å². The van der Waals surface area contributed by atoms with Crippen LogP contribution in [0.2, 0.25) is 0 Å². The monoisotopic (exact) mass is 448 g/mol. The fourth-order valence-corrected chi connectivity index (χ4v) is 3.76. The Morgan fingerprint density at radius 2 is 1.91 bits per heavy atom. The lowest BCUT2D eigenvalue weighted by atomic mass is 9.95. The molecule has 1 aliphatic rings. The molecular formula is C25H28N4O4. The lowest BCUT2D eigenvalue weighted by Crippen LogP contribution is -2.29. The molecule has 33 heavy (non-hydrogen) atoms. The first-order valence-corrected chi connectivity index (χ1v) is 11.1. The van der Waals surface area contributed by atoms with Crippen LogP contribution in [0.4, 0.5) is 5.95 Å². The number of benzene rings is 2. The second-order valence-corrected chi connectivity index (χ2v) is 7.64. The summed E-state index contributed by atoms with van der Waals surface area (Å²) < 4.78 is 19.1. The molecule has 1 atom stereocenters. The molecule has 3 aromatic rings. The average molecular weight is 449 g/mol. The van der Waals surface area contributed by atoms with Gasteiger partial charge in [-0.05, 0) is 43.5 Å². The molecular weight excluding hydrogens is 420 g/mol. The Labute approximate surface area is 193 Å². The largest absolute Gasteiger partial charge is 0.490 e. The van der Waals surface area contributed by atoms with Gasteiger partial charge in [0.25, 0.3) is 0 Å². The zero-order valence-corrected chi connectivity index (χ0v) is 19.1. The Balaban J connectivity index is 1.69. The second-order valence-electron chi connectivity index (χ2n) is 7.64. The molecule has 4 rings (SSSR count). The van der Waals surface area contributed by atoms with E-state index in [1.165, 1.54) is 6.33 Å². The third-order valence-electron chi connectivity index (χ3n) is 5.27. The van der Waals surface area contributed by atoms with E-state index in [0.29, 0.717) is 41.9 Å². The molecule has 0 fully saturated rings. The maximum atomic E-state index is 13.3. The van der Waals surface area contributed by atoms with Gasteiger partial charge in [0.1, 0.15) is 19.0 Å². The summed E-state index contributed by atoms with van der Waals surface area (Å²) in [7, 11) is 0. The molecule has 1 N–H and O–H groups in total. The summed E-state index contributed by atoms with van der Waals surface area (Å²) in [6.45, 7) is 7.08. The minimum atomic E-state index is -0.522. The number of rotatable bonds is 9. The summed E-state index contributed by atoms with van der Waals surface area (Å²) in [5.41, 5.74) is 2.87. The van der Waals surface area contributed by atoms with Gasteiger partial charge in [0.2, 0.25) is 5.95 Å². The van der Waals surface area contributed by atoms with Gasteiger partial charge in [0, 0.05) is 5.70 Å². The number of aromatic nitrogens is 3. The normalized spacial score (nSPS) is 14.9. The van der Waals surface area contributed by atoms with Crippen molar-refractivity contribution in [2.24, 2.45) is 0 Å². The molecule has 0 radical (unpaired) electrons. The summed E-state index contributed by atoms with van der Waals surface area (Å²) in [5, 5.41) is 7.54. The van der Waals surface area contributed by atoms with E-state index in [1.54, 1.807) is 4.68 Å². The molecule has 1 unspecified atom stereocenters. The summed E-state index contributed by atoms with van der Waals surface area (Å²) in [6.07, 6.45) is 2.35. The first-order valence-electron chi connectivity index (χ1n) is 11.1. The second kappa shape index (κ2) is 10.2. The molecule has 8 heteroatoms. The van der Waals surface area contributed by atoms with E-state index in [9.17, 15) is 4.79 Å². The van der Waals surface area contributed by atoms with Crippen molar-refractivity contribution in [2.75, 3.05) is 18.5 Å². The summed E-state index contributed by atoms with van der Waals surface area (Å²) in [5.74, 6) is 1.43. The van der Waals surface area contributed by atoms with Gasteiger partial charge >= 0.3 is 5.97 Å². The van der Waals surface area contributed by atoms with Crippen LogP contribution >= 0.6 is 0 Å². The number of allylic oxidation sites excluding steroid dienone is 1. The number of carbonyl (C=O) groups is 1. The fourth-order valence-electron chi connectivity index (χ4n) is 3.76. The molecule has 0 aliphatic carbocycles. The third-order valence-corrected chi connectivity index (χ3v) is 5.27. The summed E-state index contributed by atoms with van der Waals surface area (Å²) >= 11 is 0. The van der Waals surface area contributed by atoms with Crippen LogP contribution < -0.4 is 14.8 Å². The van der Waals surface area contributed by atoms with Crippen molar-refractivity contribution in [3.63, 3.8) is 0 Å². The molecule has 2 aromatic carbocycles. The van der Waals surface area contributed by atoms with Crippen LogP contribution in [0, 0.1) is 0 Å². The SMILES string of the molecule is CCCOc1ccc(C2C(C(=O)OCc3ccccc3)=C(C)Nc3ncnn32)cc1OCC. The molecule has 0 saturated carbocycles. The Bertz CT molecular complexity index is 1140. The highest BCUT2D eigenvalue weighted by atomic mass is 16.5. The Kier molecular flexibility index (Phi) is 6.92. The molecule has 0 bridgehead atoms. The van der Waals surface area contributed by atoms with Crippen LogP contribution in [0.3, 0.4) is 0 Å². The van der Waals surface area contributed by atoms with Gasteiger partial charge in [-0.1, -0.05) is 43.3 Å². The van der Waals surface area contributed by atoms with E-state index in [1.807, 2.05) is 62.4 Å². The first kappa shape index (κ1) is 22.4. The van der Waals surface area contributed by atoms with Crippen molar-refractivity contribution in [3.8, 4) is 11.5 Å². The number of anilines is 1. The number of hydrogen-bond acceptors (Lipinski definition) is 7. The summed E-state index contributed by atoms with van der Waals surface area (Å²) in [6, 6.07) is 14.8. The van der Waals surface area contributed by atoms with Crippen LogP contribution in [0.15, 0.2) is 66.1 Å². The van der Waals surface area contributed by atoms with Crippen molar-refractivity contribution in [1.82, 2.24) is 14.8 Å². The van der Waals surface area contributed by atoms with Gasteiger partial charge in [-0.25, -0.2) is 9.48 Å². The minimum Gasteiger partial charge on any atom is -0.490 e. The topological polar surface area (TPSA) is 87.5 Å². The standard InChI is InChI=1S/C25H28N4O4/c1-4-13-32-20-12-11-19(14-21(20)31-5-2)23-22(17(3)28-25-26-16-27-29(23)25)24(30)33-15-18-9-7-6-8-10-18/h6-12,14,16,23H,4-5,13,15H2,1-3H3,(H,26,27,28). The maximum Gasteiger partial charge on any atom is 0.338 e. The number of esters is 1. The lowest BCUT2D eigenvalue weighted by Gasteiger charge is -2.28. The van der Waals surface area contributed by atoms with Gasteiger partial charge in [-0.15, -0.1) is 0 Å². The van der Waals surface area contributed by atoms with Crippen molar-refractivity contribution in [1.29, 1.82) is 0 Å². The molecule has 172 valence electrons. The van der Waals surface area contributed by atoms with Crippen molar-refractivity contribution in [2.45, 2.75) is 39.8 Å². The van der Waals surface area contributed by atoms with Gasteiger partial charge in [-0.3, -0.25) is 0 Å². The van der Waals surface area contributed by atoms with Crippen molar-refractivity contribution >= 4 is 11.9 Å². The lowest BCUT2D eigenvalue weighted by molar-refractivity contribution is -0.140. The zero-order valence-electron chi connectivity index (χ0n) is 19.1. The first-order chi connectivity index (χ1) is 16.1. The summed E-state index contributed by atoms with van der Waals surface area (Å²) in [4.78, 5) is 17.6. The molecule has 0 spiro atoms. The molecule has 8 nitrogen and oxygen atoms in total. The van der Waals surface area contributed by atoms with E-state index < -0.39 is 12.0 Å². The Morgan fingerprint density at radius 1 is 1.09 bits per heavy atom. The Hall–Kier alpha value is -3.81. The zero-order chi connectivity index (χ0) is 23.2. The maximum absolute atomic E-state index is 13.3. The minimum absolute atomic E-state index is 0.182. The number of fused-ring (bicyclic) bond motifs is 1. The van der Waals surface area contributed by atoms with E-state index in [4.69, 9.17) is 14.2 Å². The number of ether oxygens (including phenoxy) is 3. The van der Waals surface area contributed by atoms with Crippen molar-refractivity contribution in [3.05, 3.63) is 77.3 Å². The van der Waals surface area contributed by atoms with Crippen molar-refractivity contribution < 1.29 is 19.0 Å². The predicted octanol–water partition coefficient (Wildman–Crippen LogP) is 4.50. The van der Waals surface area contributed by atoms with E-state index >= 15 is 0 Å². The van der Waals surface area contributed by atoms with E-state index in [0.717, 1.165) is 17.5 Å². The smallest absolute Gasteiger partial charge is 0.338 e. The molecule has 0 amide bonds. The molecule has 1 aliphatic heterocycles. The fraction of sp³-hybridized carbons (Fsp3) is 0.320. The number of carbonyl (C=O) groups excluding carboxylic acids is 1. The highest BCUT2D eigenvalue weighted by Gasteiger charge is 2.35. The third kappa shape index (κ3) is 4.84. The molecule has 2 heterocycles. The van der Waals surface area contributed by atoms with Gasteiger partial charge in [0.05, 0.1) is 18.8 Å². The van der Waals surface area contributed by atoms with Crippen LogP contribution in [-0.2, 0) is 16.1 Å². The van der Waals surface area contributed by atoms with E-state index in [2.05, 4.69) is 22.3 Å². The van der Waals surface area contributed by atoms with Gasteiger partial charge < -0.3 is 19.5 Å². The average Bonchev–Trinajstić information content (AvgIpc) is 3.29. The van der Waals surface area contributed by atoms with Crippen LogP contribution in [0.1, 0.15) is 44.4 Å². The number of nitrogens with zero attached hydrogens (tertiary/aromatic N) is 3. The highest BCUT2D eigenvalue weighted by molar-refractivity contribution is 5.92. The molecule has 0 saturated heterocycles. The van der Waals surface area contributed by atoms with Crippen LogP contribution in [-0.4, -0.2) is 33.9 Å². The highest BCUT2D eigenvalue weighted by Crippen LogP contribution is 2.39. The number of hydrogen-bond donors (Lipinski definition) is 1. The Morgan fingerprint density at radius 3 is 2.67 bits per heavy atom.